The van der Waals surface area contributed by atoms with Gasteiger partial charge in [-0.2, -0.15) is 0 Å². The van der Waals surface area contributed by atoms with Crippen LogP contribution in [0.15, 0.2) is 12.5 Å². The average molecular weight is 280 g/mol. The van der Waals surface area contributed by atoms with Crippen LogP contribution >= 0.6 is 0 Å². The second-order valence-corrected chi connectivity index (χ2v) is 5.13. The fourth-order valence-electron chi connectivity index (χ4n) is 2.67. The van der Waals surface area contributed by atoms with E-state index in [4.69, 9.17) is 10.8 Å². The number of carboxylic acids is 1. The van der Waals surface area contributed by atoms with Crippen molar-refractivity contribution < 1.29 is 14.7 Å². The van der Waals surface area contributed by atoms with E-state index < -0.39 is 5.97 Å². The van der Waals surface area contributed by atoms with Gasteiger partial charge in [0.25, 0.3) is 5.91 Å². The highest BCUT2D eigenvalue weighted by Gasteiger charge is 2.32. The number of imidazole rings is 1. The molecule has 0 spiro atoms. The van der Waals surface area contributed by atoms with Crippen LogP contribution in [0.4, 0.5) is 0 Å². The van der Waals surface area contributed by atoms with E-state index in [1.807, 2.05) is 0 Å². The second-order valence-electron chi connectivity index (χ2n) is 5.13. The molecule has 7 heteroatoms. The van der Waals surface area contributed by atoms with E-state index in [0.717, 1.165) is 12.8 Å². The largest absolute Gasteiger partial charge is 0.481 e. The topological polar surface area (TPSA) is 110 Å². The molecular weight excluding hydrogens is 260 g/mol. The molecule has 7 nitrogen and oxygen atoms in total. The minimum absolute atomic E-state index is 0.0163. The highest BCUT2D eigenvalue weighted by molar-refractivity contribution is 5.92. The van der Waals surface area contributed by atoms with E-state index in [0.29, 0.717) is 31.7 Å². The van der Waals surface area contributed by atoms with Gasteiger partial charge in [0, 0.05) is 25.8 Å². The van der Waals surface area contributed by atoms with E-state index in [1.165, 1.54) is 0 Å². The molecule has 110 valence electrons. The SMILES string of the molecule is NCCn1cnc(C(=O)NCC2CCCC2C(=O)O)c1. The minimum Gasteiger partial charge on any atom is -0.481 e. The molecule has 1 aromatic heterocycles. The van der Waals surface area contributed by atoms with Crippen molar-refractivity contribution in [1.82, 2.24) is 14.9 Å². The van der Waals surface area contributed by atoms with Crippen molar-refractivity contribution in [1.29, 1.82) is 0 Å². The van der Waals surface area contributed by atoms with E-state index in [9.17, 15) is 9.59 Å². The molecular formula is C13H20N4O3. The van der Waals surface area contributed by atoms with Crippen LogP contribution < -0.4 is 11.1 Å². The highest BCUT2D eigenvalue weighted by Crippen LogP contribution is 2.31. The highest BCUT2D eigenvalue weighted by atomic mass is 16.4. The average Bonchev–Trinajstić information content (AvgIpc) is 3.04. The van der Waals surface area contributed by atoms with E-state index in [1.54, 1.807) is 17.1 Å². The van der Waals surface area contributed by atoms with Crippen LogP contribution in [-0.2, 0) is 11.3 Å². The number of carboxylic acid groups (broad SMARTS) is 1. The number of rotatable bonds is 6. The fourth-order valence-corrected chi connectivity index (χ4v) is 2.67. The second kappa shape index (κ2) is 6.51. The molecule has 0 aliphatic heterocycles. The number of aromatic nitrogens is 2. The number of nitrogens with zero attached hydrogens (tertiary/aromatic N) is 2. The number of hydrogen-bond acceptors (Lipinski definition) is 4. The number of nitrogens with one attached hydrogen (secondary N) is 1. The molecule has 1 aromatic rings. The van der Waals surface area contributed by atoms with Crippen LogP contribution in [0.25, 0.3) is 0 Å². The molecule has 0 radical (unpaired) electrons. The molecule has 1 aliphatic rings. The zero-order valence-electron chi connectivity index (χ0n) is 11.3. The van der Waals surface area contributed by atoms with E-state index >= 15 is 0 Å². The van der Waals surface area contributed by atoms with Crippen molar-refractivity contribution in [3.8, 4) is 0 Å². The summed E-state index contributed by atoms with van der Waals surface area (Å²) in [6.07, 6.45) is 5.66. The Morgan fingerprint density at radius 1 is 1.50 bits per heavy atom. The summed E-state index contributed by atoms with van der Waals surface area (Å²) in [7, 11) is 0. The predicted molar refractivity (Wildman–Crippen MR) is 72.1 cm³/mol. The minimum atomic E-state index is -0.769. The smallest absolute Gasteiger partial charge is 0.306 e. The van der Waals surface area contributed by atoms with Crippen molar-refractivity contribution in [3.05, 3.63) is 18.2 Å². The summed E-state index contributed by atoms with van der Waals surface area (Å²) in [6, 6.07) is 0. The molecule has 2 rings (SSSR count). The lowest BCUT2D eigenvalue weighted by Crippen LogP contribution is -2.33. The lowest BCUT2D eigenvalue weighted by Gasteiger charge is -2.15. The van der Waals surface area contributed by atoms with Crippen molar-refractivity contribution in [2.24, 2.45) is 17.6 Å². The molecule has 1 saturated carbocycles. The van der Waals surface area contributed by atoms with Crippen LogP contribution in [0, 0.1) is 11.8 Å². The summed E-state index contributed by atoms with van der Waals surface area (Å²) in [5.74, 6) is -1.36. The lowest BCUT2D eigenvalue weighted by atomic mass is 9.96. The first-order valence-electron chi connectivity index (χ1n) is 6.84. The molecule has 1 aliphatic carbocycles. The van der Waals surface area contributed by atoms with Crippen molar-refractivity contribution in [3.63, 3.8) is 0 Å². The van der Waals surface area contributed by atoms with Gasteiger partial charge in [-0.05, 0) is 18.8 Å². The van der Waals surface area contributed by atoms with Crippen LogP contribution in [-0.4, -0.2) is 39.6 Å². The molecule has 0 bridgehead atoms. The molecule has 1 amide bonds. The predicted octanol–water partition coefficient (Wildman–Crippen LogP) is 0.0725. The first-order chi connectivity index (χ1) is 9.61. The maximum atomic E-state index is 11.9. The van der Waals surface area contributed by atoms with Gasteiger partial charge in [0.15, 0.2) is 0 Å². The summed E-state index contributed by atoms with van der Waals surface area (Å²) in [5.41, 5.74) is 5.76. The van der Waals surface area contributed by atoms with Gasteiger partial charge in [0.05, 0.1) is 12.2 Å². The Morgan fingerprint density at radius 3 is 3.00 bits per heavy atom. The van der Waals surface area contributed by atoms with Crippen LogP contribution in [0.1, 0.15) is 29.8 Å². The van der Waals surface area contributed by atoms with Gasteiger partial charge in [0.1, 0.15) is 5.69 Å². The lowest BCUT2D eigenvalue weighted by molar-refractivity contribution is -0.142. The van der Waals surface area contributed by atoms with Crippen molar-refractivity contribution in [2.45, 2.75) is 25.8 Å². The summed E-state index contributed by atoms with van der Waals surface area (Å²) < 4.78 is 1.75. The van der Waals surface area contributed by atoms with Gasteiger partial charge < -0.3 is 20.7 Å². The Balaban J connectivity index is 1.86. The van der Waals surface area contributed by atoms with Gasteiger partial charge in [-0.3, -0.25) is 9.59 Å². The number of aliphatic carboxylic acids is 1. The Labute approximate surface area is 117 Å². The number of carbonyl (C=O) groups excluding carboxylic acids is 1. The monoisotopic (exact) mass is 280 g/mol. The maximum absolute atomic E-state index is 11.9. The Kier molecular flexibility index (Phi) is 4.73. The molecule has 2 unspecified atom stereocenters. The fraction of sp³-hybridized carbons (Fsp3) is 0.615. The number of hydrogen-bond donors (Lipinski definition) is 3. The Morgan fingerprint density at radius 2 is 2.30 bits per heavy atom. The van der Waals surface area contributed by atoms with Crippen molar-refractivity contribution >= 4 is 11.9 Å². The number of nitrogens with two attached hydrogens (primary N) is 1. The van der Waals surface area contributed by atoms with Crippen molar-refractivity contribution in [2.75, 3.05) is 13.1 Å². The van der Waals surface area contributed by atoms with Gasteiger partial charge >= 0.3 is 5.97 Å². The third-order valence-corrected chi connectivity index (χ3v) is 3.75. The quantitative estimate of drug-likeness (QED) is 0.683. The zero-order valence-corrected chi connectivity index (χ0v) is 11.3. The third-order valence-electron chi connectivity index (χ3n) is 3.75. The van der Waals surface area contributed by atoms with Crippen LogP contribution in [0.5, 0.6) is 0 Å². The van der Waals surface area contributed by atoms with Gasteiger partial charge in [0.2, 0.25) is 0 Å². The number of carbonyl (C=O) groups is 2. The summed E-state index contributed by atoms with van der Waals surface area (Å²) in [4.78, 5) is 27.0. The molecule has 0 saturated heterocycles. The normalized spacial score (nSPS) is 21.9. The molecule has 20 heavy (non-hydrogen) atoms. The molecule has 1 heterocycles. The summed E-state index contributed by atoms with van der Waals surface area (Å²) in [6.45, 7) is 1.49. The zero-order chi connectivity index (χ0) is 14.5. The standard InChI is InChI=1S/C13H20N4O3/c14-4-5-17-7-11(16-8-17)12(18)15-6-9-2-1-3-10(9)13(19)20/h7-10H,1-6,14H2,(H,15,18)(H,19,20). The molecule has 0 aromatic carbocycles. The molecule has 1 fully saturated rings. The van der Waals surface area contributed by atoms with E-state index in [2.05, 4.69) is 10.3 Å². The van der Waals surface area contributed by atoms with Gasteiger partial charge in [-0.1, -0.05) is 6.42 Å². The molecule has 2 atom stereocenters. The molecule has 4 N–H and O–H groups in total. The number of amides is 1. The van der Waals surface area contributed by atoms with Gasteiger partial charge in [-0.25, -0.2) is 4.98 Å². The first-order valence-corrected chi connectivity index (χ1v) is 6.84. The maximum Gasteiger partial charge on any atom is 0.306 e. The third kappa shape index (κ3) is 3.36. The van der Waals surface area contributed by atoms with Crippen LogP contribution in [0.2, 0.25) is 0 Å². The van der Waals surface area contributed by atoms with E-state index in [-0.39, 0.29) is 17.7 Å². The summed E-state index contributed by atoms with van der Waals surface area (Å²) in [5, 5.41) is 11.9. The first kappa shape index (κ1) is 14.5. The summed E-state index contributed by atoms with van der Waals surface area (Å²) >= 11 is 0. The Bertz CT molecular complexity index is 486. The Hall–Kier alpha value is -1.89. The van der Waals surface area contributed by atoms with Gasteiger partial charge in [-0.15, -0.1) is 0 Å². The van der Waals surface area contributed by atoms with Crippen LogP contribution in [0.3, 0.4) is 0 Å².